The van der Waals surface area contributed by atoms with E-state index in [9.17, 15) is 30.6 Å². The van der Waals surface area contributed by atoms with Gasteiger partial charge in [-0.15, -0.1) is 0 Å². The summed E-state index contributed by atoms with van der Waals surface area (Å²) in [6, 6.07) is 0. The molecule has 254 valence electrons. The number of rotatable bonds is 7. The molecule has 5 rings (SSSR count). The van der Waals surface area contributed by atoms with E-state index >= 15 is 0 Å². The van der Waals surface area contributed by atoms with Gasteiger partial charge >= 0.3 is 0 Å². The molecule has 0 bridgehead atoms. The van der Waals surface area contributed by atoms with Gasteiger partial charge in [0.05, 0.1) is 24.4 Å². The fourth-order valence-corrected chi connectivity index (χ4v) is 11.8. The second-order valence-electron chi connectivity index (χ2n) is 17.3. The standard InChI is InChI=1S/C36H62O8/c1-20(2)10-9-14-36(8,42)35(7)17-16-34(6)21-11-12-25-32(3,4)26(13-15-33(25,5)22(21)18-23(38)30(34)35)44-31-29(41)28(40)27(39)24(19-37)43-31/h10,21-31,37-42H,9,11-19H2,1-8H3/t21?,22?,23-,24+,25?,26?,27-,28-,29+,30?,31-,33-,34+,35-,36+/m0/s1. The highest BCUT2D eigenvalue weighted by molar-refractivity contribution is 5.19. The Hall–Kier alpha value is -0.580. The zero-order chi connectivity index (χ0) is 32.6. The first-order chi connectivity index (χ1) is 20.3. The lowest BCUT2D eigenvalue weighted by Crippen LogP contribution is -2.65. The minimum Gasteiger partial charge on any atom is -0.394 e. The van der Waals surface area contributed by atoms with Crippen LogP contribution < -0.4 is 0 Å². The van der Waals surface area contributed by atoms with E-state index < -0.39 is 49.0 Å². The average Bonchev–Trinajstić information content (AvgIpc) is 3.24. The molecule has 0 amide bonds. The van der Waals surface area contributed by atoms with Crippen molar-refractivity contribution in [1.29, 1.82) is 0 Å². The highest BCUT2D eigenvalue weighted by atomic mass is 16.7. The summed E-state index contributed by atoms with van der Waals surface area (Å²) < 4.78 is 12.2. The van der Waals surface area contributed by atoms with E-state index in [1.807, 2.05) is 6.92 Å². The normalized spacial score (nSPS) is 51.5. The summed E-state index contributed by atoms with van der Waals surface area (Å²) >= 11 is 0. The molecule has 1 heterocycles. The molecule has 0 spiro atoms. The van der Waals surface area contributed by atoms with Crippen LogP contribution in [0.15, 0.2) is 11.6 Å². The fourth-order valence-electron chi connectivity index (χ4n) is 11.8. The van der Waals surface area contributed by atoms with Crippen molar-refractivity contribution in [2.24, 2.45) is 45.3 Å². The number of aliphatic hydroxyl groups excluding tert-OH is 5. The van der Waals surface area contributed by atoms with E-state index in [1.54, 1.807) is 0 Å². The van der Waals surface area contributed by atoms with Crippen molar-refractivity contribution in [3.63, 3.8) is 0 Å². The molecular formula is C36H62O8. The van der Waals surface area contributed by atoms with Crippen molar-refractivity contribution < 1.29 is 40.1 Å². The summed E-state index contributed by atoms with van der Waals surface area (Å²) in [6.45, 7) is 17.3. The van der Waals surface area contributed by atoms with Crippen molar-refractivity contribution in [1.82, 2.24) is 0 Å². The average molecular weight is 623 g/mol. The first-order valence-electron chi connectivity index (χ1n) is 17.3. The predicted molar refractivity (Wildman–Crippen MR) is 168 cm³/mol. The molecule has 0 aromatic heterocycles. The summed E-state index contributed by atoms with van der Waals surface area (Å²) in [5.41, 5.74) is -0.253. The summed E-state index contributed by atoms with van der Waals surface area (Å²) in [6.07, 6.45) is 3.17. The topological polar surface area (TPSA) is 140 Å². The van der Waals surface area contributed by atoms with Crippen LogP contribution in [0, 0.1) is 45.3 Å². The maximum Gasteiger partial charge on any atom is 0.186 e. The first-order valence-corrected chi connectivity index (χ1v) is 17.3. The molecule has 6 N–H and O–H groups in total. The van der Waals surface area contributed by atoms with Gasteiger partial charge in [-0.3, -0.25) is 0 Å². The molecule has 8 nitrogen and oxygen atoms in total. The lowest BCUT2D eigenvalue weighted by atomic mass is 9.39. The van der Waals surface area contributed by atoms with Crippen LogP contribution >= 0.6 is 0 Å². The fraction of sp³-hybridized carbons (Fsp3) is 0.944. The third-order valence-electron chi connectivity index (χ3n) is 14.4. The Morgan fingerprint density at radius 3 is 2.20 bits per heavy atom. The molecule has 4 aliphatic carbocycles. The van der Waals surface area contributed by atoms with E-state index in [2.05, 4.69) is 54.5 Å². The Labute approximate surface area is 265 Å². The lowest BCUT2D eigenvalue weighted by molar-refractivity contribution is -0.330. The lowest BCUT2D eigenvalue weighted by Gasteiger charge is -2.67. The van der Waals surface area contributed by atoms with Crippen LogP contribution in [0.2, 0.25) is 0 Å². The molecule has 1 saturated heterocycles. The summed E-state index contributed by atoms with van der Waals surface area (Å²) in [5.74, 6) is 1.22. The minimum absolute atomic E-state index is 0.00156. The van der Waals surface area contributed by atoms with Gasteiger partial charge < -0.3 is 40.1 Å². The van der Waals surface area contributed by atoms with Crippen LogP contribution in [0.5, 0.6) is 0 Å². The van der Waals surface area contributed by atoms with Crippen molar-refractivity contribution in [2.45, 2.75) is 162 Å². The molecule has 5 unspecified atom stereocenters. The largest absolute Gasteiger partial charge is 0.394 e. The molecule has 4 saturated carbocycles. The smallest absolute Gasteiger partial charge is 0.186 e. The number of hydrogen-bond donors (Lipinski definition) is 6. The van der Waals surface area contributed by atoms with Crippen LogP contribution in [0.1, 0.15) is 113 Å². The minimum atomic E-state index is -1.46. The van der Waals surface area contributed by atoms with Crippen LogP contribution in [0.25, 0.3) is 0 Å². The van der Waals surface area contributed by atoms with E-state index in [0.29, 0.717) is 24.2 Å². The van der Waals surface area contributed by atoms with E-state index in [1.165, 1.54) is 5.57 Å². The number of hydrogen-bond acceptors (Lipinski definition) is 8. The van der Waals surface area contributed by atoms with Gasteiger partial charge in [-0.25, -0.2) is 0 Å². The zero-order valence-corrected chi connectivity index (χ0v) is 28.5. The Morgan fingerprint density at radius 2 is 1.57 bits per heavy atom. The van der Waals surface area contributed by atoms with Gasteiger partial charge in [0.1, 0.15) is 24.4 Å². The molecule has 44 heavy (non-hydrogen) atoms. The van der Waals surface area contributed by atoms with Crippen molar-refractivity contribution in [3.05, 3.63) is 11.6 Å². The van der Waals surface area contributed by atoms with Crippen LogP contribution in [0.4, 0.5) is 0 Å². The maximum absolute atomic E-state index is 12.1. The van der Waals surface area contributed by atoms with E-state index in [0.717, 1.165) is 51.4 Å². The Morgan fingerprint density at radius 1 is 0.886 bits per heavy atom. The third-order valence-corrected chi connectivity index (χ3v) is 14.4. The summed E-state index contributed by atoms with van der Waals surface area (Å²) in [4.78, 5) is 0. The molecule has 0 aromatic rings. The molecule has 0 aromatic carbocycles. The predicted octanol–water partition coefficient (Wildman–Crippen LogP) is 4.32. The SMILES string of the molecule is CC(C)=CCC[C@@](C)(O)[C@@]1(C)CC[C@]2(C)C3CCC4C(C)(C)C(O[C@@H]5O[C@H](CO)[C@H](O)[C@H](O)[C@H]5O)CC[C@@]4(C)C3C[C@H](O)C21. The van der Waals surface area contributed by atoms with Crippen LogP contribution in [0.3, 0.4) is 0 Å². The van der Waals surface area contributed by atoms with Gasteiger partial charge in [0, 0.05) is 5.41 Å². The summed E-state index contributed by atoms with van der Waals surface area (Å²) in [5, 5.41) is 65.0. The van der Waals surface area contributed by atoms with E-state index in [4.69, 9.17) is 9.47 Å². The van der Waals surface area contributed by atoms with Gasteiger partial charge in [0.2, 0.25) is 0 Å². The van der Waals surface area contributed by atoms with Gasteiger partial charge in [-0.1, -0.05) is 46.3 Å². The van der Waals surface area contributed by atoms with Gasteiger partial charge in [-0.2, -0.15) is 0 Å². The first kappa shape index (κ1) is 34.7. The van der Waals surface area contributed by atoms with Crippen LogP contribution in [-0.2, 0) is 9.47 Å². The third kappa shape index (κ3) is 5.26. The van der Waals surface area contributed by atoms with Crippen LogP contribution in [-0.4, -0.2) is 85.8 Å². The highest BCUT2D eigenvalue weighted by Crippen LogP contribution is 2.73. The number of ether oxygens (including phenoxy) is 2. The maximum atomic E-state index is 12.1. The van der Waals surface area contributed by atoms with Gasteiger partial charge in [0.25, 0.3) is 0 Å². The molecule has 0 radical (unpaired) electrons. The monoisotopic (exact) mass is 622 g/mol. The van der Waals surface area contributed by atoms with Crippen molar-refractivity contribution in [3.8, 4) is 0 Å². The Kier molecular flexibility index (Phi) is 9.35. The zero-order valence-electron chi connectivity index (χ0n) is 28.5. The Balaban J connectivity index is 1.36. The molecule has 1 aliphatic heterocycles. The number of allylic oxidation sites excluding steroid dienone is 2. The number of fused-ring (bicyclic) bond motifs is 5. The number of aliphatic hydroxyl groups is 6. The van der Waals surface area contributed by atoms with E-state index in [-0.39, 0.29) is 33.7 Å². The second-order valence-corrected chi connectivity index (χ2v) is 17.3. The molecular weight excluding hydrogens is 560 g/mol. The molecule has 15 atom stereocenters. The van der Waals surface area contributed by atoms with Gasteiger partial charge in [0.15, 0.2) is 6.29 Å². The van der Waals surface area contributed by atoms with Crippen molar-refractivity contribution >= 4 is 0 Å². The highest BCUT2D eigenvalue weighted by Gasteiger charge is 2.70. The van der Waals surface area contributed by atoms with Gasteiger partial charge in [-0.05, 0) is 118 Å². The molecule has 5 fully saturated rings. The quantitative estimate of drug-likeness (QED) is 0.182. The Bertz CT molecular complexity index is 1070. The molecule has 8 heteroatoms. The second kappa shape index (κ2) is 11.8. The summed E-state index contributed by atoms with van der Waals surface area (Å²) in [7, 11) is 0. The molecule has 5 aliphatic rings. The van der Waals surface area contributed by atoms with Crippen molar-refractivity contribution in [2.75, 3.05) is 6.61 Å².